The molecule has 14 aromatic rings. The predicted octanol–water partition coefficient (Wildman–Crippen LogP) is 21.7. The molecule has 4 heteroatoms. The Morgan fingerprint density at radius 3 is 0.961 bits per heavy atom. The Balaban J connectivity index is 0.784. The number of fused-ring (bicyclic) bond motifs is 6. The van der Waals surface area contributed by atoms with E-state index >= 15 is 0 Å². The maximum atomic E-state index is 2.36. The standard InChI is InChI=1S/C72H48N2S2/c1-3-12-49(13-4-1)51-22-35-58(36-23-51)73(62-43-30-55(31-44-62)57-34-47-71-68(48-57)66-17-8-9-20-69(66)75-71)60-39-26-53(27-40-60)54-28-41-61(42-29-54)74(59-37-24-52(25-38-59)50-14-5-2-6-15-50)63-45-32-56(33-46-63)64-18-11-19-67-65-16-7-10-21-70(65)76-72(64)67/h1-48H. The van der Waals surface area contributed by atoms with E-state index in [9.17, 15) is 0 Å². The van der Waals surface area contributed by atoms with Crippen molar-refractivity contribution in [1.29, 1.82) is 0 Å². The summed E-state index contributed by atoms with van der Waals surface area (Å²) in [5, 5.41) is 5.25. The topological polar surface area (TPSA) is 6.48 Å². The maximum Gasteiger partial charge on any atom is 0.0462 e. The highest BCUT2D eigenvalue weighted by molar-refractivity contribution is 7.26. The van der Waals surface area contributed by atoms with Gasteiger partial charge in [0.2, 0.25) is 0 Å². The van der Waals surface area contributed by atoms with E-state index in [0.29, 0.717) is 0 Å². The molecule has 0 aliphatic heterocycles. The van der Waals surface area contributed by atoms with Crippen molar-refractivity contribution in [2.24, 2.45) is 0 Å². The van der Waals surface area contributed by atoms with Crippen molar-refractivity contribution in [2.75, 3.05) is 9.80 Å². The molecule has 0 radical (unpaired) electrons. The lowest BCUT2D eigenvalue weighted by molar-refractivity contribution is 1.28. The number of benzene rings is 12. The van der Waals surface area contributed by atoms with Gasteiger partial charge in [-0.05, 0) is 153 Å². The minimum absolute atomic E-state index is 1.09. The number of rotatable bonds is 11. The van der Waals surface area contributed by atoms with E-state index in [0.717, 1.165) is 45.3 Å². The summed E-state index contributed by atoms with van der Waals surface area (Å²) in [7, 11) is 0. The summed E-state index contributed by atoms with van der Waals surface area (Å²) in [6.45, 7) is 0. The van der Waals surface area contributed by atoms with E-state index in [-0.39, 0.29) is 0 Å². The number of thiophene rings is 2. The number of anilines is 6. The number of hydrogen-bond donors (Lipinski definition) is 0. The normalized spacial score (nSPS) is 11.4. The number of hydrogen-bond acceptors (Lipinski definition) is 4. The first-order valence-electron chi connectivity index (χ1n) is 25.8. The molecule has 0 saturated heterocycles. The maximum absolute atomic E-state index is 2.36. The highest BCUT2D eigenvalue weighted by Gasteiger charge is 2.18. The van der Waals surface area contributed by atoms with E-state index in [4.69, 9.17) is 0 Å². The van der Waals surface area contributed by atoms with Gasteiger partial charge in [0, 0.05) is 74.5 Å². The summed E-state index contributed by atoms with van der Waals surface area (Å²) >= 11 is 3.73. The molecule has 14 rings (SSSR count). The second-order valence-corrected chi connectivity index (χ2v) is 21.4. The molecule has 2 aromatic heterocycles. The van der Waals surface area contributed by atoms with Gasteiger partial charge in [-0.2, -0.15) is 0 Å². The first-order chi connectivity index (χ1) is 37.6. The van der Waals surface area contributed by atoms with Gasteiger partial charge >= 0.3 is 0 Å². The molecule has 0 unspecified atom stereocenters. The van der Waals surface area contributed by atoms with Gasteiger partial charge in [0.25, 0.3) is 0 Å². The first-order valence-corrected chi connectivity index (χ1v) is 27.4. The second-order valence-electron chi connectivity index (χ2n) is 19.3. The Hall–Kier alpha value is -9.32. The third-order valence-electron chi connectivity index (χ3n) is 14.7. The van der Waals surface area contributed by atoms with E-state index in [1.54, 1.807) is 0 Å². The molecule has 2 heterocycles. The quantitative estimate of drug-likeness (QED) is 0.127. The molecule has 0 amide bonds. The van der Waals surface area contributed by atoms with Crippen LogP contribution in [0.5, 0.6) is 0 Å². The van der Waals surface area contributed by atoms with Gasteiger partial charge in [-0.25, -0.2) is 0 Å². The fraction of sp³-hybridized carbons (Fsp3) is 0. The van der Waals surface area contributed by atoms with Crippen LogP contribution in [0.15, 0.2) is 291 Å². The lowest BCUT2D eigenvalue weighted by Gasteiger charge is -2.27. The Bertz CT molecular complexity index is 4330. The van der Waals surface area contributed by atoms with Gasteiger partial charge in [0.1, 0.15) is 0 Å². The SMILES string of the molecule is c1ccc(-c2ccc(N(c3ccc(-c4ccc(N(c5ccc(-c6ccccc6)cc5)c5ccc(-c6cccc7c6sc6ccccc67)cc5)cc4)cc3)c3ccc(-c4ccc5sc6ccccc6c5c4)cc3)cc2)cc1. The molecule has 0 bridgehead atoms. The summed E-state index contributed by atoms with van der Waals surface area (Å²) < 4.78 is 5.28. The minimum Gasteiger partial charge on any atom is -0.311 e. The Morgan fingerprint density at radius 2 is 0.513 bits per heavy atom. The van der Waals surface area contributed by atoms with E-state index < -0.39 is 0 Å². The monoisotopic (exact) mass is 1000 g/mol. The molecule has 358 valence electrons. The van der Waals surface area contributed by atoms with Crippen molar-refractivity contribution in [3.8, 4) is 55.6 Å². The molecule has 0 aliphatic rings. The Morgan fingerprint density at radius 1 is 0.197 bits per heavy atom. The van der Waals surface area contributed by atoms with Crippen LogP contribution in [0, 0.1) is 0 Å². The van der Waals surface area contributed by atoms with Gasteiger partial charge in [-0.15, -0.1) is 22.7 Å². The van der Waals surface area contributed by atoms with Crippen LogP contribution < -0.4 is 9.80 Å². The molecule has 2 nitrogen and oxygen atoms in total. The van der Waals surface area contributed by atoms with Crippen LogP contribution in [0.25, 0.3) is 96.0 Å². The fourth-order valence-electron chi connectivity index (χ4n) is 10.8. The minimum atomic E-state index is 1.09. The Labute approximate surface area is 450 Å². The third-order valence-corrected chi connectivity index (χ3v) is 17.1. The van der Waals surface area contributed by atoms with E-state index in [2.05, 4.69) is 301 Å². The van der Waals surface area contributed by atoms with Crippen LogP contribution >= 0.6 is 22.7 Å². The molecule has 76 heavy (non-hydrogen) atoms. The van der Waals surface area contributed by atoms with Crippen molar-refractivity contribution >= 4 is 97.1 Å². The predicted molar refractivity (Wildman–Crippen MR) is 329 cm³/mol. The largest absolute Gasteiger partial charge is 0.311 e. The van der Waals surface area contributed by atoms with Gasteiger partial charge in [-0.1, -0.05) is 194 Å². The third kappa shape index (κ3) is 8.50. The summed E-state index contributed by atoms with van der Waals surface area (Å²) in [6, 6.07) is 106. The lowest BCUT2D eigenvalue weighted by atomic mass is 10.0. The van der Waals surface area contributed by atoms with Crippen LogP contribution in [0.4, 0.5) is 34.1 Å². The van der Waals surface area contributed by atoms with Crippen molar-refractivity contribution in [2.45, 2.75) is 0 Å². The van der Waals surface area contributed by atoms with E-state index in [1.807, 2.05) is 22.7 Å². The molecule has 0 saturated carbocycles. The molecule has 0 spiro atoms. The smallest absolute Gasteiger partial charge is 0.0462 e. The van der Waals surface area contributed by atoms with Crippen LogP contribution in [0.2, 0.25) is 0 Å². The van der Waals surface area contributed by atoms with Gasteiger partial charge in [0.05, 0.1) is 0 Å². The van der Waals surface area contributed by atoms with Gasteiger partial charge < -0.3 is 9.80 Å². The van der Waals surface area contributed by atoms with Crippen LogP contribution in [0.3, 0.4) is 0 Å². The second kappa shape index (κ2) is 19.5. The van der Waals surface area contributed by atoms with Crippen molar-refractivity contribution in [3.05, 3.63) is 291 Å². The zero-order valence-corrected chi connectivity index (χ0v) is 43.1. The fourth-order valence-corrected chi connectivity index (χ4v) is 13.2. The summed E-state index contributed by atoms with van der Waals surface area (Å²) in [5.41, 5.74) is 18.5. The summed E-state index contributed by atoms with van der Waals surface area (Å²) in [5.74, 6) is 0. The summed E-state index contributed by atoms with van der Waals surface area (Å²) in [4.78, 5) is 4.72. The van der Waals surface area contributed by atoms with Crippen molar-refractivity contribution < 1.29 is 0 Å². The molecule has 0 atom stereocenters. The lowest BCUT2D eigenvalue weighted by Crippen LogP contribution is -2.10. The molecular formula is C72H48N2S2. The van der Waals surface area contributed by atoms with Crippen LogP contribution in [0.1, 0.15) is 0 Å². The Kier molecular flexibility index (Phi) is 11.6. The van der Waals surface area contributed by atoms with Crippen molar-refractivity contribution in [3.63, 3.8) is 0 Å². The number of nitrogens with zero attached hydrogens (tertiary/aromatic N) is 2. The molecule has 0 aliphatic carbocycles. The molecular weight excluding hydrogens is 957 g/mol. The molecule has 0 N–H and O–H groups in total. The van der Waals surface area contributed by atoms with E-state index in [1.165, 1.54) is 84.9 Å². The highest BCUT2D eigenvalue weighted by atomic mass is 32.1. The average molecular weight is 1010 g/mol. The van der Waals surface area contributed by atoms with Gasteiger partial charge in [0.15, 0.2) is 0 Å². The molecule has 0 fully saturated rings. The zero-order chi connectivity index (χ0) is 50.4. The van der Waals surface area contributed by atoms with Gasteiger partial charge in [-0.3, -0.25) is 0 Å². The average Bonchev–Trinajstić information content (AvgIpc) is 4.08. The first kappa shape index (κ1) is 45.3. The zero-order valence-electron chi connectivity index (χ0n) is 41.4. The van der Waals surface area contributed by atoms with Crippen LogP contribution in [-0.4, -0.2) is 0 Å². The molecule has 12 aromatic carbocycles. The summed E-state index contributed by atoms with van der Waals surface area (Å²) in [6.07, 6.45) is 0. The van der Waals surface area contributed by atoms with Crippen molar-refractivity contribution in [1.82, 2.24) is 0 Å². The highest BCUT2D eigenvalue weighted by Crippen LogP contribution is 2.44. The van der Waals surface area contributed by atoms with Crippen LogP contribution in [-0.2, 0) is 0 Å².